The van der Waals surface area contributed by atoms with Crippen LogP contribution in [0, 0.1) is 16.7 Å². The fourth-order valence-electron chi connectivity index (χ4n) is 2.05. The molecule has 1 aromatic carbocycles. The van der Waals surface area contributed by atoms with E-state index in [-0.39, 0.29) is 11.5 Å². The molecule has 1 atom stereocenters. The van der Waals surface area contributed by atoms with Crippen molar-refractivity contribution >= 4 is 0 Å². The number of nitrogens with zero attached hydrogens (tertiary/aromatic N) is 1. The van der Waals surface area contributed by atoms with Crippen LogP contribution in [-0.2, 0) is 0 Å². The van der Waals surface area contributed by atoms with Gasteiger partial charge in [-0.25, -0.2) is 0 Å². The van der Waals surface area contributed by atoms with Crippen molar-refractivity contribution in [2.24, 2.45) is 5.41 Å². The molecular formula is C16H24N2O. The lowest BCUT2D eigenvalue weighted by molar-refractivity contribution is 0.302. The molecule has 0 saturated heterocycles. The van der Waals surface area contributed by atoms with Gasteiger partial charge in [-0.1, -0.05) is 32.0 Å². The van der Waals surface area contributed by atoms with Gasteiger partial charge in [-0.05, 0) is 24.8 Å². The first-order valence-corrected chi connectivity index (χ1v) is 6.73. The first-order valence-electron chi connectivity index (χ1n) is 6.73. The Labute approximate surface area is 116 Å². The topological polar surface area (TPSA) is 45.0 Å². The molecule has 0 fully saturated rings. The molecule has 3 heteroatoms. The summed E-state index contributed by atoms with van der Waals surface area (Å²) in [5.41, 5.74) is 1.30. The average molecular weight is 260 g/mol. The van der Waals surface area contributed by atoms with Crippen molar-refractivity contribution in [1.82, 2.24) is 5.32 Å². The molecule has 1 rings (SSSR count). The van der Waals surface area contributed by atoms with Crippen molar-refractivity contribution in [3.05, 3.63) is 29.8 Å². The van der Waals surface area contributed by atoms with Crippen molar-refractivity contribution in [3.63, 3.8) is 0 Å². The molecule has 0 spiro atoms. The zero-order valence-corrected chi connectivity index (χ0v) is 12.4. The van der Waals surface area contributed by atoms with Crippen LogP contribution in [0.2, 0.25) is 0 Å². The minimum atomic E-state index is 0.131. The smallest absolute Gasteiger partial charge is 0.123 e. The van der Waals surface area contributed by atoms with Gasteiger partial charge in [0.2, 0.25) is 0 Å². The van der Waals surface area contributed by atoms with E-state index in [1.54, 1.807) is 7.11 Å². The maximum atomic E-state index is 8.67. The number of hydrogen-bond acceptors (Lipinski definition) is 3. The SMILES string of the molecule is COc1ccccc1[C@H](C)NCC(C)(C)CCC#N. The van der Waals surface area contributed by atoms with Crippen molar-refractivity contribution in [1.29, 1.82) is 5.26 Å². The first-order chi connectivity index (χ1) is 9.00. The van der Waals surface area contributed by atoms with Crippen LogP contribution >= 0.6 is 0 Å². The van der Waals surface area contributed by atoms with Gasteiger partial charge >= 0.3 is 0 Å². The molecule has 19 heavy (non-hydrogen) atoms. The third-order valence-electron chi connectivity index (χ3n) is 3.41. The number of methoxy groups -OCH3 is 1. The normalized spacial score (nSPS) is 12.8. The molecule has 0 amide bonds. The van der Waals surface area contributed by atoms with Crippen LogP contribution in [-0.4, -0.2) is 13.7 Å². The van der Waals surface area contributed by atoms with E-state index in [0.717, 1.165) is 18.7 Å². The lowest BCUT2D eigenvalue weighted by atomic mass is 9.87. The van der Waals surface area contributed by atoms with Gasteiger partial charge in [0.05, 0.1) is 13.2 Å². The van der Waals surface area contributed by atoms with E-state index in [1.165, 1.54) is 5.56 Å². The monoisotopic (exact) mass is 260 g/mol. The van der Waals surface area contributed by atoms with Gasteiger partial charge in [0.15, 0.2) is 0 Å². The fourth-order valence-corrected chi connectivity index (χ4v) is 2.05. The van der Waals surface area contributed by atoms with Gasteiger partial charge in [-0.3, -0.25) is 0 Å². The second kappa shape index (κ2) is 7.16. The van der Waals surface area contributed by atoms with Gasteiger partial charge in [-0.2, -0.15) is 5.26 Å². The Morgan fingerprint density at radius 3 is 2.68 bits per heavy atom. The number of rotatable bonds is 7. The highest BCUT2D eigenvalue weighted by atomic mass is 16.5. The fraction of sp³-hybridized carbons (Fsp3) is 0.562. The molecular weight excluding hydrogens is 236 g/mol. The molecule has 0 aliphatic heterocycles. The molecule has 3 nitrogen and oxygen atoms in total. The van der Waals surface area contributed by atoms with Crippen LogP contribution in [0.25, 0.3) is 0 Å². The Morgan fingerprint density at radius 1 is 1.37 bits per heavy atom. The second-order valence-corrected chi connectivity index (χ2v) is 5.67. The Morgan fingerprint density at radius 2 is 2.05 bits per heavy atom. The molecule has 0 aromatic heterocycles. The van der Waals surface area contributed by atoms with Crippen molar-refractivity contribution in [2.75, 3.05) is 13.7 Å². The van der Waals surface area contributed by atoms with Crippen LogP contribution in [0.1, 0.15) is 45.2 Å². The minimum Gasteiger partial charge on any atom is -0.496 e. The molecule has 0 unspecified atom stereocenters. The molecule has 1 N–H and O–H groups in total. The Bertz CT molecular complexity index is 435. The van der Waals surface area contributed by atoms with Crippen LogP contribution in [0.5, 0.6) is 5.75 Å². The standard InChI is InChI=1S/C16H24N2O/c1-13(14-8-5-6-9-15(14)19-4)18-12-16(2,3)10-7-11-17/h5-6,8-9,13,18H,7,10,12H2,1-4H3/t13-/m0/s1. The maximum absolute atomic E-state index is 8.67. The van der Waals surface area contributed by atoms with Crippen LogP contribution in [0.4, 0.5) is 0 Å². The van der Waals surface area contributed by atoms with E-state index in [2.05, 4.69) is 38.2 Å². The number of para-hydroxylation sites is 1. The van der Waals surface area contributed by atoms with E-state index in [9.17, 15) is 0 Å². The Hall–Kier alpha value is -1.53. The summed E-state index contributed by atoms with van der Waals surface area (Å²) in [5, 5.41) is 12.2. The number of nitriles is 1. The average Bonchev–Trinajstić information content (AvgIpc) is 2.42. The lowest BCUT2D eigenvalue weighted by Gasteiger charge is -2.27. The quantitative estimate of drug-likeness (QED) is 0.813. The molecule has 0 radical (unpaired) electrons. The van der Waals surface area contributed by atoms with Gasteiger partial charge in [0.25, 0.3) is 0 Å². The van der Waals surface area contributed by atoms with Crippen molar-refractivity contribution in [2.45, 2.75) is 39.7 Å². The second-order valence-electron chi connectivity index (χ2n) is 5.67. The third-order valence-corrected chi connectivity index (χ3v) is 3.41. The van der Waals surface area contributed by atoms with E-state index >= 15 is 0 Å². The van der Waals surface area contributed by atoms with E-state index in [1.807, 2.05) is 18.2 Å². The number of benzene rings is 1. The van der Waals surface area contributed by atoms with Gasteiger partial charge in [0, 0.05) is 24.6 Å². The third kappa shape index (κ3) is 4.92. The summed E-state index contributed by atoms with van der Waals surface area (Å²) in [6.07, 6.45) is 1.52. The van der Waals surface area contributed by atoms with Gasteiger partial charge in [-0.15, -0.1) is 0 Å². The molecule has 1 aromatic rings. The van der Waals surface area contributed by atoms with Crippen LogP contribution in [0.15, 0.2) is 24.3 Å². The van der Waals surface area contributed by atoms with Gasteiger partial charge < -0.3 is 10.1 Å². The highest BCUT2D eigenvalue weighted by molar-refractivity contribution is 5.35. The van der Waals surface area contributed by atoms with E-state index in [4.69, 9.17) is 10.00 Å². The molecule has 0 saturated carbocycles. The number of nitrogens with one attached hydrogen (secondary N) is 1. The summed E-state index contributed by atoms with van der Waals surface area (Å²) >= 11 is 0. The highest BCUT2D eigenvalue weighted by Crippen LogP contribution is 2.26. The van der Waals surface area contributed by atoms with Crippen LogP contribution in [0.3, 0.4) is 0 Å². The van der Waals surface area contributed by atoms with E-state index < -0.39 is 0 Å². The molecule has 0 bridgehead atoms. The van der Waals surface area contributed by atoms with Gasteiger partial charge in [0.1, 0.15) is 5.75 Å². The summed E-state index contributed by atoms with van der Waals surface area (Å²) in [6.45, 7) is 7.39. The number of hydrogen-bond donors (Lipinski definition) is 1. The lowest BCUT2D eigenvalue weighted by Crippen LogP contribution is -2.31. The zero-order chi connectivity index (χ0) is 14.3. The summed E-state index contributed by atoms with van der Waals surface area (Å²) in [7, 11) is 1.70. The molecule has 0 aliphatic carbocycles. The largest absolute Gasteiger partial charge is 0.496 e. The Kier molecular flexibility index (Phi) is 5.85. The summed E-state index contributed by atoms with van der Waals surface area (Å²) in [6, 6.07) is 10.5. The molecule has 104 valence electrons. The molecule has 0 heterocycles. The van der Waals surface area contributed by atoms with E-state index in [0.29, 0.717) is 6.42 Å². The molecule has 0 aliphatic rings. The first kappa shape index (κ1) is 15.5. The summed E-state index contributed by atoms with van der Waals surface area (Å²) in [4.78, 5) is 0. The number of ether oxygens (including phenoxy) is 1. The summed E-state index contributed by atoms with van der Waals surface area (Å²) < 4.78 is 5.38. The predicted octanol–water partition coefficient (Wildman–Crippen LogP) is 3.68. The highest BCUT2D eigenvalue weighted by Gasteiger charge is 2.19. The minimum absolute atomic E-state index is 0.131. The predicted molar refractivity (Wildman–Crippen MR) is 78.0 cm³/mol. The van der Waals surface area contributed by atoms with Crippen molar-refractivity contribution < 1.29 is 4.74 Å². The van der Waals surface area contributed by atoms with Crippen molar-refractivity contribution in [3.8, 4) is 11.8 Å². The summed E-state index contributed by atoms with van der Waals surface area (Å²) in [5.74, 6) is 0.914. The van der Waals surface area contributed by atoms with Crippen LogP contribution < -0.4 is 10.1 Å². The Balaban J connectivity index is 2.60. The maximum Gasteiger partial charge on any atom is 0.123 e. The zero-order valence-electron chi connectivity index (χ0n) is 12.4.